The van der Waals surface area contributed by atoms with Crippen molar-refractivity contribution < 1.29 is 9.15 Å². The molecular formula is C11H15BrO2. The maximum atomic E-state index is 5.56. The van der Waals surface area contributed by atoms with E-state index in [2.05, 4.69) is 15.9 Å². The Kier molecular flexibility index (Phi) is 3.29. The zero-order valence-electron chi connectivity index (χ0n) is 8.17. The third kappa shape index (κ3) is 2.20. The molecule has 0 N–H and O–H groups in total. The van der Waals surface area contributed by atoms with Crippen molar-refractivity contribution in [3.8, 4) is 0 Å². The molecule has 2 heterocycles. The summed E-state index contributed by atoms with van der Waals surface area (Å²) in [6.07, 6.45) is 7.03. The minimum atomic E-state index is 0.280. The first-order valence-corrected chi connectivity index (χ1v) is 6.12. The van der Waals surface area contributed by atoms with E-state index in [-0.39, 0.29) is 5.41 Å². The molecule has 2 nitrogen and oxygen atoms in total. The van der Waals surface area contributed by atoms with Gasteiger partial charge in [0.15, 0.2) is 0 Å². The molecule has 0 bridgehead atoms. The molecule has 0 saturated carbocycles. The number of hydrogen-bond donors (Lipinski definition) is 0. The van der Waals surface area contributed by atoms with Gasteiger partial charge in [-0.2, -0.15) is 0 Å². The molecule has 0 amide bonds. The van der Waals surface area contributed by atoms with Gasteiger partial charge in [0, 0.05) is 17.4 Å². The van der Waals surface area contributed by atoms with Crippen LogP contribution in [-0.4, -0.2) is 18.5 Å². The molecule has 14 heavy (non-hydrogen) atoms. The predicted octanol–water partition coefficient (Wildman–Crippen LogP) is 3.01. The Balaban J connectivity index is 2.04. The van der Waals surface area contributed by atoms with Crippen molar-refractivity contribution in [2.75, 3.05) is 18.5 Å². The fourth-order valence-electron chi connectivity index (χ4n) is 2.03. The van der Waals surface area contributed by atoms with Crippen LogP contribution < -0.4 is 0 Å². The first kappa shape index (κ1) is 10.2. The number of ether oxygens (including phenoxy) is 1. The highest BCUT2D eigenvalue weighted by Gasteiger charge is 2.32. The highest BCUT2D eigenvalue weighted by Crippen LogP contribution is 2.34. The van der Waals surface area contributed by atoms with Crippen molar-refractivity contribution in [1.29, 1.82) is 0 Å². The largest absolute Gasteiger partial charge is 0.472 e. The van der Waals surface area contributed by atoms with E-state index in [1.165, 1.54) is 18.4 Å². The van der Waals surface area contributed by atoms with Crippen LogP contribution in [0.25, 0.3) is 0 Å². The third-order valence-electron chi connectivity index (χ3n) is 2.85. The number of furan rings is 1. The van der Waals surface area contributed by atoms with E-state index in [1.807, 2.05) is 12.3 Å². The smallest absolute Gasteiger partial charge is 0.0934 e. The average molecular weight is 259 g/mol. The van der Waals surface area contributed by atoms with Gasteiger partial charge < -0.3 is 9.15 Å². The molecular weight excluding hydrogens is 244 g/mol. The van der Waals surface area contributed by atoms with Gasteiger partial charge in [-0.15, -0.1) is 0 Å². The SMILES string of the molecule is BrCC1(Cc2ccoc2)CCCOC1. The Labute approximate surface area is 92.8 Å². The average Bonchev–Trinajstić information content (AvgIpc) is 2.72. The second-order valence-electron chi connectivity index (χ2n) is 4.10. The van der Waals surface area contributed by atoms with Crippen molar-refractivity contribution in [2.45, 2.75) is 19.3 Å². The van der Waals surface area contributed by atoms with Crippen LogP contribution in [0.4, 0.5) is 0 Å². The molecule has 1 fully saturated rings. The van der Waals surface area contributed by atoms with Gasteiger partial charge in [-0.25, -0.2) is 0 Å². The fraction of sp³-hybridized carbons (Fsp3) is 0.636. The molecule has 0 radical (unpaired) electrons. The summed E-state index contributed by atoms with van der Waals surface area (Å²) in [4.78, 5) is 0. The van der Waals surface area contributed by atoms with Gasteiger partial charge in [0.05, 0.1) is 19.1 Å². The second kappa shape index (κ2) is 4.49. The van der Waals surface area contributed by atoms with Crippen LogP contribution in [0.3, 0.4) is 0 Å². The lowest BCUT2D eigenvalue weighted by Crippen LogP contribution is -2.35. The van der Waals surface area contributed by atoms with Crippen LogP contribution in [0.2, 0.25) is 0 Å². The Hall–Kier alpha value is -0.280. The van der Waals surface area contributed by atoms with E-state index < -0.39 is 0 Å². The third-order valence-corrected chi connectivity index (χ3v) is 4.04. The summed E-state index contributed by atoms with van der Waals surface area (Å²) in [7, 11) is 0. The van der Waals surface area contributed by atoms with Gasteiger partial charge in [0.25, 0.3) is 0 Å². The molecule has 0 aliphatic carbocycles. The molecule has 78 valence electrons. The summed E-state index contributed by atoms with van der Waals surface area (Å²) < 4.78 is 10.7. The maximum absolute atomic E-state index is 5.56. The van der Waals surface area contributed by atoms with Gasteiger partial charge in [0.2, 0.25) is 0 Å². The van der Waals surface area contributed by atoms with Gasteiger partial charge in [-0.1, -0.05) is 15.9 Å². The number of halogens is 1. The van der Waals surface area contributed by atoms with Crippen molar-refractivity contribution >= 4 is 15.9 Å². The van der Waals surface area contributed by atoms with Crippen LogP contribution in [0.1, 0.15) is 18.4 Å². The van der Waals surface area contributed by atoms with Crippen molar-refractivity contribution in [3.63, 3.8) is 0 Å². The zero-order chi connectivity index (χ0) is 9.86. The standard InChI is InChI=1S/C11H15BrO2/c12-8-11(3-1-4-14-9-11)6-10-2-5-13-7-10/h2,5,7H,1,3-4,6,8-9H2. The van der Waals surface area contributed by atoms with Crippen molar-refractivity contribution in [3.05, 3.63) is 24.2 Å². The van der Waals surface area contributed by atoms with Crippen LogP contribution >= 0.6 is 15.9 Å². The minimum absolute atomic E-state index is 0.280. The molecule has 2 rings (SSSR count). The van der Waals surface area contributed by atoms with E-state index in [0.717, 1.165) is 25.0 Å². The Morgan fingerprint density at radius 3 is 3.00 bits per heavy atom. The minimum Gasteiger partial charge on any atom is -0.472 e. The summed E-state index contributed by atoms with van der Waals surface area (Å²) in [6.45, 7) is 1.78. The number of rotatable bonds is 3. The molecule has 1 saturated heterocycles. The Bertz CT molecular complexity index is 263. The predicted molar refractivity (Wildman–Crippen MR) is 58.7 cm³/mol. The van der Waals surface area contributed by atoms with Crippen LogP contribution in [-0.2, 0) is 11.2 Å². The van der Waals surface area contributed by atoms with E-state index in [1.54, 1.807) is 6.26 Å². The molecule has 1 aromatic rings. The quantitative estimate of drug-likeness (QED) is 0.778. The van der Waals surface area contributed by atoms with Gasteiger partial charge in [-0.3, -0.25) is 0 Å². The highest BCUT2D eigenvalue weighted by molar-refractivity contribution is 9.09. The second-order valence-corrected chi connectivity index (χ2v) is 4.66. The van der Waals surface area contributed by atoms with Crippen LogP contribution in [0, 0.1) is 5.41 Å². The monoisotopic (exact) mass is 258 g/mol. The fourth-order valence-corrected chi connectivity index (χ4v) is 2.67. The van der Waals surface area contributed by atoms with Crippen LogP contribution in [0.5, 0.6) is 0 Å². The van der Waals surface area contributed by atoms with Crippen molar-refractivity contribution in [2.24, 2.45) is 5.41 Å². The van der Waals surface area contributed by atoms with E-state index in [9.17, 15) is 0 Å². The molecule has 1 unspecified atom stereocenters. The Morgan fingerprint density at radius 1 is 1.50 bits per heavy atom. The summed E-state index contributed by atoms with van der Waals surface area (Å²) in [5.74, 6) is 0. The molecule has 0 aromatic carbocycles. The summed E-state index contributed by atoms with van der Waals surface area (Å²) in [5.41, 5.74) is 1.55. The summed E-state index contributed by atoms with van der Waals surface area (Å²) >= 11 is 3.60. The maximum Gasteiger partial charge on any atom is 0.0934 e. The molecule has 1 aromatic heterocycles. The lowest BCUT2D eigenvalue weighted by molar-refractivity contribution is 0.00609. The first-order valence-electron chi connectivity index (χ1n) is 4.99. The number of alkyl halides is 1. The lowest BCUT2D eigenvalue weighted by Gasteiger charge is -2.35. The van der Waals surface area contributed by atoms with Gasteiger partial charge in [0.1, 0.15) is 0 Å². The molecule has 3 heteroatoms. The Morgan fingerprint density at radius 2 is 2.43 bits per heavy atom. The highest BCUT2D eigenvalue weighted by atomic mass is 79.9. The van der Waals surface area contributed by atoms with Gasteiger partial charge in [-0.05, 0) is 30.9 Å². The summed E-state index contributed by atoms with van der Waals surface area (Å²) in [5, 5.41) is 1.01. The normalized spacial score (nSPS) is 27.8. The van der Waals surface area contributed by atoms with E-state index >= 15 is 0 Å². The molecule has 0 spiro atoms. The zero-order valence-corrected chi connectivity index (χ0v) is 9.76. The van der Waals surface area contributed by atoms with E-state index in [0.29, 0.717) is 0 Å². The van der Waals surface area contributed by atoms with Crippen molar-refractivity contribution in [1.82, 2.24) is 0 Å². The van der Waals surface area contributed by atoms with Crippen LogP contribution in [0.15, 0.2) is 23.0 Å². The molecule has 1 aliphatic rings. The molecule has 1 atom stereocenters. The first-order chi connectivity index (χ1) is 6.85. The topological polar surface area (TPSA) is 22.4 Å². The van der Waals surface area contributed by atoms with Gasteiger partial charge >= 0.3 is 0 Å². The number of hydrogen-bond acceptors (Lipinski definition) is 2. The lowest BCUT2D eigenvalue weighted by atomic mass is 9.80. The van der Waals surface area contributed by atoms with E-state index in [4.69, 9.17) is 9.15 Å². The molecule has 1 aliphatic heterocycles. The summed E-state index contributed by atoms with van der Waals surface area (Å²) in [6, 6.07) is 2.04.